The molecule has 0 aliphatic rings. The number of benzene rings is 1. The summed E-state index contributed by atoms with van der Waals surface area (Å²) in [5, 5.41) is 3.01. The van der Waals surface area contributed by atoms with Gasteiger partial charge >= 0.3 is 0 Å². The summed E-state index contributed by atoms with van der Waals surface area (Å²) in [7, 11) is 0. The van der Waals surface area contributed by atoms with Crippen molar-refractivity contribution in [3.63, 3.8) is 0 Å². The van der Waals surface area contributed by atoms with Crippen LogP contribution in [-0.4, -0.2) is 16.4 Å². The van der Waals surface area contributed by atoms with Crippen LogP contribution >= 0.6 is 11.8 Å². The van der Waals surface area contributed by atoms with E-state index in [4.69, 9.17) is 0 Å². The van der Waals surface area contributed by atoms with Crippen LogP contribution in [0.25, 0.3) is 0 Å². The molecular weight excluding hydrogens is 230 g/mol. The number of amides is 1. The molecule has 1 unspecified atom stereocenters. The molecule has 0 heterocycles. The van der Waals surface area contributed by atoms with E-state index in [9.17, 15) is 4.79 Å². The Morgan fingerprint density at radius 1 is 1.29 bits per heavy atom. The van der Waals surface area contributed by atoms with Gasteiger partial charge < -0.3 is 5.32 Å². The van der Waals surface area contributed by atoms with E-state index in [-0.39, 0.29) is 16.7 Å². The first-order chi connectivity index (χ1) is 7.88. The minimum absolute atomic E-state index is 0.0734. The second-order valence-electron chi connectivity index (χ2n) is 5.10. The largest absolute Gasteiger partial charge is 0.349 e. The maximum Gasteiger partial charge on any atom is 0.230 e. The molecule has 1 aromatic carbocycles. The summed E-state index contributed by atoms with van der Waals surface area (Å²) in [5.74, 6) is 0.613. The van der Waals surface area contributed by atoms with Crippen LogP contribution in [0, 0.1) is 0 Å². The molecule has 0 aliphatic heterocycles. The molecule has 0 spiro atoms. The molecule has 0 bridgehead atoms. The van der Waals surface area contributed by atoms with Crippen LogP contribution in [-0.2, 0) is 4.79 Å². The van der Waals surface area contributed by atoms with Gasteiger partial charge in [0.05, 0.1) is 11.8 Å². The summed E-state index contributed by atoms with van der Waals surface area (Å²) in [6.45, 7) is 8.36. The zero-order valence-corrected chi connectivity index (χ0v) is 11.8. The highest BCUT2D eigenvalue weighted by Gasteiger charge is 2.15. The van der Waals surface area contributed by atoms with Crippen molar-refractivity contribution in [1.82, 2.24) is 5.32 Å². The van der Waals surface area contributed by atoms with Crippen molar-refractivity contribution in [3.8, 4) is 0 Å². The van der Waals surface area contributed by atoms with E-state index in [0.717, 1.165) is 5.56 Å². The van der Waals surface area contributed by atoms with Crippen molar-refractivity contribution in [1.29, 1.82) is 0 Å². The average molecular weight is 251 g/mol. The molecule has 0 aromatic heterocycles. The molecule has 1 rings (SSSR count). The Labute approximate surface area is 108 Å². The van der Waals surface area contributed by atoms with Gasteiger partial charge in [0.1, 0.15) is 0 Å². The maximum absolute atomic E-state index is 11.7. The first kappa shape index (κ1) is 14.1. The van der Waals surface area contributed by atoms with E-state index in [0.29, 0.717) is 5.75 Å². The van der Waals surface area contributed by atoms with Gasteiger partial charge in [-0.1, -0.05) is 51.1 Å². The lowest BCUT2D eigenvalue weighted by Crippen LogP contribution is -2.29. The molecule has 1 atom stereocenters. The fourth-order valence-electron chi connectivity index (χ4n) is 1.39. The lowest BCUT2D eigenvalue weighted by Gasteiger charge is -2.19. The van der Waals surface area contributed by atoms with Crippen molar-refractivity contribution < 1.29 is 4.79 Å². The van der Waals surface area contributed by atoms with Gasteiger partial charge in [0.15, 0.2) is 0 Å². The SMILES string of the molecule is CC(NC(=O)CSC(C)(C)C)c1ccccc1. The molecule has 3 heteroatoms. The number of thioether (sulfide) groups is 1. The number of hydrogen-bond acceptors (Lipinski definition) is 2. The summed E-state index contributed by atoms with van der Waals surface area (Å²) in [6, 6.07) is 10.1. The fraction of sp³-hybridized carbons (Fsp3) is 0.500. The van der Waals surface area contributed by atoms with E-state index >= 15 is 0 Å². The molecule has 2 nitrogen and oxygen atoms in total. The van der Waals surface area contributed by atoms with E-state index in [1.54, 1.807) is 11.8 Å². The molecule has 0 saturated carbocycles. The lowest BCUT2D eigenvalue weighted by molar-refractivity contribution is -0.119. The first-order valence-corrected chi connectivity index (χ1v) is 6.85. The van der Waals surface area contributed by atoms with Gasteiger partial charge in [0.2, 0.25) is 5.91 Å². The van der Waals surface area contributed by atoms with E-state index in [1.165, 1.54) is 0 Å². The fourth-order valence-corrected chi connectivity index (χ4v) is 2.04. The van der Waals surface area contributed by atoms with Gasteiger partial charge in [0.25, 0.3) is 0 Å². The van der Waals surface area contributed by atoms with E-state index in [1.807, 2.05) is 37.3 Å². The van der Waals surface area contributed by atoms with Crippen molar-refractivity contribution in [2.75, 3.05) is 5.75 Å². The Morgan fingerprint density at radius 3 is 2.41 bits per heavy atom. The van der Waals surface area contributed by atoms with Crippen LogP contribution in [0.5, 0.6) is 0 Å². The minimum Gasteiger partial charge on any atom is -0.349 e. The summed E-state index contributed by atoms with van der Waals surface area (Å²) < 4.78 is 0.132. The zero-order chi connectivity index (χ0) is 12.9. The van der Waals surface area contributed by atoms with E-state index < -0.39 is 0 Å². The summed E-state index contributed by atoms with van der Waals surface area (Å²) >= 11 is 1.67. The predicted octanol–water partition coefficient (Wildman–Crippen LogP) is 3.40. The molecule has 0 radical (unpaired) electrons. The van der Waals surface area contributed by atoms with Crippen LogP contribution in [0.1, 0.15) is 39.3 Å². The average Bonchev–Trinajstić information content (AvgIpc) is 2.27. The van der Waals surface area contributed by atoms with Gasteiger partial charge in [-0.25, -0.2) is 0 Å². The van der Waals surface area contributed by atoms with Crippen LogP contribution < -0.4 is 5.32 Å². The van der Waals surface area contributed by atoms with E-state index in [2.05, 4.69) is 26.1 Å². The Kier molecular flexibility index (Phi) is 5.06. The third-order valence-electron chi connectivity index (χ3n) is 2.31. The Morgan fingerprint density at radius 2 is 1.88 bits per heavy atom. The Hall–Kier alpha value is -0.960. The smallest absolute Gasteiger partial charge is 0.230 e. The number of rotatable bonds is 4. The Balaban J connectivity index is 2.42. The third kappa shape index (κ3) is 5.78. The lowest BCUT2D eigenvalue weighted by atomic mass is 10.1. The van der Waals surface area contributed by atoms with Gasteiger partial charge in [-0.05, 0) is 12.5 Å². The quantitative estimate of drug-likeness (QED) is 0.888. The molecule has 94 valence electrons. The van der Waals surface area contributed by atoms with Crippen molar-refractivity contribution >= 4 is 17.7 Å². The van der Waals surface area contributed by atoms with Crippen LogP contribution in [0.3, 0.4) is 0 Å². The number of hydrogen-bond donors (Lipinski definition) is 1. The predicted molar refractivity (Wildman–Crippen MR) is 75.2 cm³/mol. The van der Waals surface area contributed by atoms with Gasteiger partial charge in [-0.2, -0.15) is 0 Å². The molecular formula is C14H21NOS. The highest BCUT2D eigenvalue weighted by Crippen LogP contribution is 2.22. The van der Waals surface area contributed by atoms with Crippen LogP contribution in [0.4, 0.5) is 0 Å². The van der Waals surface area contributed by atoms with Gasteiger partial charge in [-0.15, -0.1) is 11.8 Å². The standard InChI is InChI=1S/C14H21NOS/c1-11(12-8-6-5-7-9-12)15-13(16)10-17-14(2,3)4/h5-9,11H,10H2,1-4H3,(H,15,16). The topological polar surface area (TPSA) is 29.1 Å². The number of carbonyl (C=O) groups excluding carboxylic acids is 1. The first-order valence-electron chi connectivity index (χ1n) is 5.87. The normalized spacial score (nSPS) is 13.2. The maximum atomic E-state index is 11.7. The monoisotopic (exact) mass is 251 g/mol. The van der Waals surface area contributed by atoms with Gasteiger partial charge in [-0.3, -0.25) is 4.79 Å². The number of carbonyl (C=O) groups is 1. The molecule has 1 aromatic rings. The molecule has 0 fully saturated rings. The summed E-state index contributed by atoms with van der Waals surface area (Å²) in [4.78, 5) is 11.7. The van der Waals surface area contributed by atoms with Crippen molar-refractivity contribution in [3.05, 3.63) is 35.9 Å². The molecule has 17 heavy (non-hydrogen) atoms. The second-order valence-corrected chi connectivity index (χ2v) is 6.90. The molecule has 0 saturated heterocycles. The minimum atomic E-state index is 0.0734. The molecule has 1 N–H and O–H groups in total. The van der Waals surface area contributed by atoms with Crippen LogP contribution in [0.15, 0.2) is 30.3 Å². The third-order valence-corrected chi connectivity index (χ3v) is 3.59. The second kappa shape index (κ2) is 6.10. The highest BCUT2D eigenvalue weighted by molar-refractivity contribution is 8.01. The zero-order valence-electron chi connectivity index (χ0n) is 11.0. The summed E-state index contributed by atoms with van der Waals surface area (Å²) in [5.41, 5.74) is 1.14. The van der Waals surface area contributed by atoms with Crippen molar-refractivity contribution in [2.24, 2.45) is 0 Å². The van der Waals surface area contributed by atoms with Crippen molar-refractivity contribution in [2.45, 2.75) is 38.5 Å². The Bertz CT molecular complexity index is 356. The number of nitrogens with one attached hydrogen (secondary N) is 1. The van der Waals surface area contributed by atoms with Crippen LogP contribution in [0.2, 0.25) is 0 Å². The summed E-state index contributed by atoms with van der Waals surface area (Å²) in [6.07, 6.45) is 0. The highest BCUT2D eigenvalue weighted by atomic mass is 32.2. The molecule has 0 aliphatic carbocycles. The van der Waals surface area contributed by atoms with Gasteiger partial charge in [0, 0.05) is 4.75 Å². The molecule has 1 amide bonds.